The van der Waals surface area contributed by atoms with Crippen molar-refractivity contribution in [3.8, 4) is 69.4 Å². The van der Waals surface area contributed by atoms with Gasteiger partial charge in [0, 0.05) is 211 Å². The van der Waals surface area contributed by atoms with Crippen LogP contribution < -0.4 is 43.6 Å². The molecular weight excluding hydrogens is 1510 g/mol. The summed E-state index contributed by atoms with van der Waals surface area (Å²) in [6.07, 6.45) is 25.8. The Bertz CT molecular complexity index is 5550. The van der Waals surface area contributed by atoms with Gasteiger partial charge in [0.1, 0.15) is 48.0 Å². The molecule has 28 nitrogen and oxygen atoms in total. The van der Waals surface area contributed by atoms with Crippen molar-refractivity contribution in [2.24, 2.45) is 0 Å². The van der Waals surface area contributed by atoms with Crippen LogP contribution in [0.3, 0.4) is 0 Å². The van der Waals surface area contributed by atoms with Crippen molar-refractivity contribution < 1.29 is 31.8 Å². The molecule has 0 saturated carbocycles. The van der Waals surface area contributed by atoms with Crippen LogP contribution in [0.5, 0.6) is 17.6 Å². The summed E-state index contributed by atoms with van der Waals surface area (Å²) in [5.74, 6) is 1.89. The van der Waals surface area contributed by atoms with E-state index in [4.69, 9.17) is 34.1 Å². The van der Waals surface area contributed by atoms with Gasteiger partial charge >= 0.3 is 0 Å². The Morgan fingerprint density at radius 3 is 1.10 bits per heavy atom. The van der Waals surface area contributed by atoms with Crippen LogP contribution in [0, 0.1) is 34.0 Å². The first-order valence-corrected chi connectivity index (χ1v) is 40.0. The van der Waals surface area contributed by atoms with Gasteiger partial charge in [-0.2, -0.15) is 31.1 Å². The molecule has 0 aromatic carbocycles. The van der Waals surface area contributed by atoms with E-state index in [0.29, 0.717) is 132 Å². The van der Waals surface area contributed by atoms with Crippen molar-refractivity contribution >= 4 is 51.1 Å². The Kier molecular flexibility index (Phi) is 20.0. The number of hydrogen-bond acceptors (Lipinski definition) is 25. The molecule has 12 aromatic rings. The molecule has 12 aliphatic rings. The topological polar surface area (TPSA) is 270 Å². The lowest BCUT2D eigenvalue weighted by Crippen LogP contribution is -2.68. The van der Waals surface area contributed by atoms with E-state index in [2.05, 4.69) is 108 Å². The minimum atomic E-state index is -2.71. The second-order valence-corrected chi connectivity index (χ2v) is 32.0. The number of halogens is 4. The van der Waals surface area contributed by atoms with Crippen LogP contribution in [0.2, 0.25) is 0 Å². The van der Waals surface area contributed by atoms with Gasteiger partial charge in [-0.05, 0) is 91.3 Å². The van der Waals surface area contributed by atoms with Crippen molar-refractivity contribution in [1.82, 2.24) is 78.4 Å². The smallest absolute Gasteiger partial charge is 0.266 e. The third-order valence-corrected chi connectivity index (χ3v) is 24.8. The molecule has 12 aromatic heterocycles. The Balaban J connectivity index is 0.000000118. The molecular formula is C86H85F4N25O3. The molecule has 0 aliphatic carbocycles. The summed E-state index contributed by atoms with van der Waals surface area (Å²) in [5.41, 5.74) is 14.2. The molecule has 8 atom stereocenters. The average Bonchev–Trinajstić information content (AvgIpc) is 0.987. The van der Waals surface area contributed by atoms with Gasteiger partial charge < -0.3 is 43.6 Å². The number of piperidine rings is 3. The summed E-state index contributed by atoms with van der Waals surface area (Å²) in [4.78, 5) is 52.5. The zero-order valence-electron chi connectivity index (χ0n) is 65.4. The van der Waals surface area contributed by atoms with Gasteiger partial charge in [-0.3, -0.25) is 19.7 Å². The third kappa shape index (κ3) is 14.6. The third-order valence-electron chi connectivity index (χ3n) is 24.8. The van der Waals surface area contributed by atoms with Crippen LogP contribution in [0.25, 0.3) is 50.1 Å². The molecule has 24 rings (SSSR count). The van der Waals surface area contributed by atoms with E-state index in [-0.39, 0.29) is 19.5 Å². The summed E-state index contributed by atoms with van der Waals surface area (Å²) in [7, 11) is 4.88. The molecule has 32 heteroatoms. The highest BCUT2D eigenvalue weighted by molar-refractivity contribution is 5.89. The maximum absolute atomic E-state index is 14.0. The molecule has 0 N–H and O–H groups in total. The molecule has 24 heterocycles. The minimum Gasteiger partial charge on any atom is -0.481 e. The van der Waals surface area contributed by atoms with Gasteiger partial charge in [-0.25, -0.2) is 61.0 Å². The monoisotopic (exact) mass is 1590 g/mol. The van der Waals surface area contributed by atoms with Gasteiger partial charge in [0.2, 0.25) is 17.6 Å². The number of alkyl halides is 4. The van der Waals surface area contributed by atoms with Crippen molar-refractivity contribution in [2.75, 3.05) is 129 Å². The predicted molar refractivity (Wildman–Crippen MR) is 435 cm³/mol. The molecule has 118 heavy (non-hydrogen) atoms. The van der Waals surface area contributed by atoms with Crippen molar-refractivity contribution in [3.05, 3.63) is 193 Å². The second kappa shape index (κ2) is 31.3. The number of nitriles is 3. The van der Waals surface area contributed by atoms with Crippen molar-refractivity contribution in [1.29, 1.82) is 15.8 Å². The number of methoxy groups -OCH3 is 3. The summed E-state index contributed by atoms with van der Waals surface area (Å²) < 4.78 is 76.3. The van der Waals surface area contributed by atoms with Crippen LogP contribution in [-0.2, 0) is 19.6 Å². The molecule has 6 bridgehead atoms. The fraction of sp³-hybridized carbons (Fsp3) is 0.384. The fourth-order valence-corrected chi connectivity index (χ4v) is 18.6. The van der Waals surface area contributed by atoms with Gasteiger partial charge in [0.05, 0.1) is 133 Å². The maximum atomic E-state index is 14.0. The van der Waals surface area contributed by atoms with Gasteiger partial charge in [-0.15, -0.1) is 0 Å². The quantitative estimate of drug-likeness (QED) is 0.0722. The number of piperazine rings is 3. The number of pyridine rings is 8. The Morgan fingerprint density at radius 2 is 0.780 bits per heavy atom. The normalized spacial score (nSPS) is 22.4. The fourth-order valence-electron chi connectivity index (χ4n) is 18.6. The van der Waals surface area contributed by atoms with Crippen LogP contribution in [0.4, 0.5) is 52.1 Å². The van der Waals surface area contributed by atoms with Crippen LogP contribution >= 0.6 is 0 Å². The lowest BCUT2D eigenvalue weighted by Gasteiger charge is -2.56. The zero-order valence-corrected chi connectivity index (χ0v) is 65.4. The SMILES string of the molecule is COc1ccc(CN2C3CC2CN(c2ccc(-c4cc(N5CCC(F)(F)C5)cn5ncc(C#N)c45)cn2)C3)cn1.COc1ccc(CN2C3CC2CN(c2ccc(-c4cc(N5CCC(F)C5)cn5ncc(C#N)c45)cn2)C3)cn1.COc1ccc(CN2C3CC2CN(c2cnc(-c4cc(N5CCC(F)C5)cn5ncc(C#N)c45)cn2)C3)cn1. The summed E-state index contributed by atoms with van der Waals surface area (Å²) in [6, 6.07) is 35.5. The van der Waals surface area contributed by atoms with E-state index in [1.54, 1.807) is 64.6 Å². The average molecular weight is 1590 g/mol. The van der Waals surface area contributed by atoms with E-state index in [1.807, 2.05) is 108 Å². The predicted octanol–water partition coefficient (Wildman–Crippen LogP) is 10.7. The van der Waals surface area contributed by atoms with E-state index in [0.717, 1.165) is 121 Å². The highest BCUT2D eigenvalue weighted by Crippen LogP contribution is 2.43. The number of rotatable bonds is 18. The first kappa shape index (κ1) is 75.2. The molecule has 0 radical (unpaired) electrons. The summed E-state index contributed by atoms with van der Waals surface area (Å²) >= 11 is 0. The molecule has 8 unspecified atom stereocenters. The number of aromatic nitrogens is 13. The molecule has 600 valence electrons. The largest absolute Gasteiger partial charge is 0.481 e. The van der Waals surface area contributed by atoms with Gasteiger partial charge in [-0.1, -0.05) is 18.2 Å². The Labute approximate surface area is 677 Å². The van der Waals surface area contributed by atoms with Crippen LogP contribution in [0.1, 0.15) is 71.9 Å². The van der Waals surface area contributed by atoms with E-state index in [1.165, 1.54) is 42.1 Å². The first-order valence-electron chi connectivity index (χ1n) is 40.0. The molecule has 12 aliphatic heterocycles. The van der Waals surface area contributed by atoms with E-state index < -0.39 is 18.3 Å². The highest BCUT2D eigenvalue weighted by Gasteiger charge is 2.48. The van der Waals surface area contributed by atoms with E-state index >= 15 is 0 Å². The van der Waals surface area contributed by atoms with Gasteiger partial charge in [0.25, 0.3) is 5.92 Å². The van der Waals surface area contributed by atoms with Gasteiger partial charge in [0.15, 0.2) is 0 Å². The summed E-state index contributed by atoms with van der Waals surface area (Å²) in [6.45, 7) is 10.1. The number of nitrogens with zero attached hydrogens (tertiary/aromatic N) is 25. The minimum absolute atomic E-state index is 0.175. The first-order chi connectivity index (χ1) is 57.6. The van der Waals surface area contributed by atoms with E-state index in [9.17, 15) is 33.3 Å². The lowest BCUT2D eigenvalue weighted by atomic mass is 9.87. The lowest BCUT2D eigenvalue weighted by molar-refractivity contribution is -0.00880. The van der Waals surface area contributed by atoms with Crippen molar-refractivity contribution in [3.63, 3.8) is 0 Å². The Hall–Kier alpha value is -12.8. The summed E-state index contributed by atoms with van der Waals surface area (Å²) in [5, 5.41) is 42.2. The maximum Gasteiger partial charge on any atom is 0.266 e. The standard InChI is InChI=1S/C29H28F2N8O.C29H29FN8O.C28H28FN9O/c1-40-27-5-2-19(11-34-27)14-38-23-8-24(38)16-37(15-23)26-4-3-20(12-33-26)25-9-22(36-7-6-29(30,31)18-36)17-39-28(25)21(10-32)13-35-39;1-39-28-5-2-19(11-33-28)14-37-24-8-25(37)17-36(16-24)27-4-3-20(12-32-27)26-9-23(35-7-6-22(30)15-35)18-38-29(26)21(10-31)13-34-38;1-39-27-3-2-18(9-33-27)13-37-22-6-23(37)16-36(15-22)26-12-31-25(11-32-26)24-7-21(35-5-4-20(29)14-35)17-38-28(24)19(8-30)10-34-38/h2-5,9,11-13,17,23-24H,6-8,14-16,18H2,1H3;2-5,9,11-13,18,22,24-25H,6-8,14-17H2,1H3;2-3,7,9-12,17,20,22-23H,4-6,13-16H2,1H3. The number of ether oxygens (including phenoxy) is 3. The number of anilines is 6. The second-order valence-electron chi connectivity index (χ2n) is 32.0. The van der Waals surface area contributed by atoms with Crippen LogP contribution in [-0.4, -0.2) is 233 Å². The highest BCUT2D eigenvalue weighted by atomic mass is 19.3. The Morgan fingerprint density at radius 1 is 0.398 bits per heavy atom. The molecule has 12 saturated heterocycles. The zero-order chi connectivity index (χ0) is 80.5. The molecule has 0 spiro atoms. The molecule has 12 fully saturated rings. The number of hydrogen-bond donors (Lipinski definition) is 0. The number of fused-ring (bicyclic) bond motifs is 9. The van der Waals surface area contributed by atoms with Crippen molar-refractivity contribution in [2.45, 2.75) is 113 Å². The molecule has 0 amide bonds. The van der Waals surface area contributed by atoms with Crippen LogP contribution in [0.15, 0.2) is 159 Å².